The maximum absolute atomic E-state index is 13.9. The van der Waals surface area contributed by atoms with Crippen LogP contribution in [-0.4, -0.2) is 20.4 Å². The van der Waals surface area contributed by atoms with E-state index in [0.29, 0.717) is 12.1 Å². The van der Waals surface area contributed by atoms with Crippen LogP contribution in [0, 0.1) is 27.6 Å². The van der Waals surface area contributed by atoms with Crippen molar-refractivity contribution in [1.29, 1.82) is 0 Å². The molecule has 7 nitrogen and oxygen atoms in total. The van der Waals surface area contributed by atoms with Gasteiger partial charge in [0.1, 0.15) is 5.82 Å². The van der Waals surface area contributed by atoms with Gasteiger partial charge in [-0.3, -0.25) is 10.1 Å². The van der Waals surface area contributed by atoms with Crippen molar-refractivity contribution in [1.82, 2.24) is 4.72 Å². The average Bonchev–Trinajstić information content (AvgIpc) is 2.57. The molecule has 0 saturated heterocycles. The molecule has 148 valence electrons. The van der Waals surface area contributed by atoms with E-state index in [2.05, 4.69) is 4.72 Å². The van der Waals surface area contributed by atoms with Gasteiger partial charge in [0.05, 0.1) is 9.82 Å². The number of nitro groups is 1. The number of nitrogens with zero attached hydrogens (tertiary/aromatic N) is 1. The lowest BCUT2D eigenvalue weighted by Gasteiger charge is -2.16. The lowest BCUT2D eigenvalue weighted by atomic mass is 9.98. The molecule has 0 amide bonds. The molecule has 12 heteroatoms. The molecule has 0 heterocycles. The van der Waals surface area contributed by atoms with Crippen LogP contribution in [0.25, 0.3) is 0 Å². The molecule has 0 fully saturated rings. The third-order valence-corrected chi connectivity index (χ3v) is 5.21. The smallest absolute Gasteiger partial charge is 0.269 e. The zero-order valence-corrected chi connectivity index (χ0v) is 15.4. The first-order chi connectivity index (χ1) is 12.1. The van der Waals surface area contributed by atoms with Crippen molar-refractivity contribution < 1.29 is 26.5 Å². The molecule has 1 atom stereocenters. The van der Waals surface area contributed by atoms with Crippen molar-refractivity contribution in [3.05, 3.63) is 69.0 Å². The first-order valence-corrected chi connectivity index (χ1v) is 8.66. The number of rotatable bonds is 6. The Kier molecular flexibility index (Phi) is 7.32. The number of hydrogen-bond acceptors (Lipinski definition) is 5. The van der Waals surface area contributed by atoms with Crippen LogP contribution in [0.4, 0.5) is 18.9 Å². The number of sulfonamides is 1. The van der Waals surface area contributed by atoms with Gasteiger partial charge in [-0.05, 0) is 31.2 Å². The highest BCUT2D eigenvalue weighted by Crippen LogP contribution is 2.27. The van der Waals surface area contributed by atoms with E-state index in [1.807, 2.05) is 0 Å². The molecule has 0 bridgehead atoms. The maximum Gasteiger partial charge on any atom is 0.269 e. The van der Waals surface area contributed by atoms with Gasteiger partial charge in [-0.2, -0.15) is 0 Å². The van der Waals surface area contributed by atoms with Crippen molar-refractivity contribution in [2.24, 2.45) is 5.73 Å². The Morgan fingerprint density at radius 2 is 1.74 bits per heavy atom. The average molecular weight is 426 g/mol. The van der Waals surface area contributed by atoms with Gasteiger partial charge in [-0.15, -0.1) is 12.4 Å². The molecule has 0 spiro atoms. The molecule has 0 aromatic heterocycles. The van der Waals surface area contributed by atoms with E-state index in [1.165, 1.54) is 0 Å². The summed E-state index contributed by atoms with van der Waals surface area (Å²) in [6.45, 7) is 0. The van der Waals surface area contributed by atoms with Gasteiger partial charge in [0.2, 0.25) is 10.0 Å². The second kappa shape index (κ2) is 8.65. The van der Waals surface area contributed by atoms with Gasteiger partial charge in [0.15, 0.2) is 11.6 Å². The van der Waals surface area contributed by atoms with Gasteiger partial charge in [0, 0.05) is 29.8 Å². The quantitative estimate of drug-likeness (QED) is 0.419. The van der Waals surface area contributed by atoms with Crippen LogP contribution in [0.15, 0.2) is 35.2 Å². The minimum Gasteiger partial charge on any atom is -0.324 e. The summed E-state index contributed by atoms with van der Waals surface area (Å²) in [5.41, 5.74) is 4.97. The Morgan fingerprint density at radius 3 is 2.30 bits per heavy atom. The van der Waals surface area contributed by atoms with Crippen molar-refractivity contribution in [3.63, 3.8) is 0 Å². The van der Waals surface area contributed by atoms with Crippen molar-refractivity contribution >= 4 is 28.1 Å². The summed E-state index contributed by atoms with van der Waals surface area (Å²) >= 11 is 0. The summed E-state index contributed by atoms with van der Waals surface area (Å²) in [4.78, 5) is 9.91. The Bertz CT molecular complexity index is 973. The molecule has 3 N–H and O–H groups in total. The summed E-state index contributed by atoms with van der Waals surface area (Å²) in [6.07, 6.45) is -0.361. The lowest BCUT2D eigenvalue weighted by Crippen LogP contribution is -2.22. The first-order valence-electron chi connectivity index (χ1n) is 7.17. The molecule has 0 radical (unpaired) electrons. The summed E-state index contributed by atoms with van der Waals surface area (Å²) in [5, 5.41) is 10.9. The molecule has 2 aromatic carbocycles. The lowest BCUT2D eigenvalue weighted by molar-refractivity contribution is -0.385. The van der Waals surface area contributed by atoms with E-state index >= 15 is 0 Å². The maximum atomic E-state index is 13.9. The van der Waals surface area contributed by atoms with Gasteiger partial charge in [-0.1, -0.05) is 0 Å². The Hall–Kier alpha value is -2.21. The third kappa shape index (κ3) is 4.95. The third-order valence-electron chi connectivity index (χ3n) is 3.69. The first kappa shape index (κ1) is 22.8. The fourth-order valence-electron chi connectivity index (χ4n) is 2.38. The van der Waals surface area contributed by atoms with Crippen LogP contribution in [0.5, 0.6) is 0 Å². The fourth-order valence-corrected chi connectivity index (χ4v) is 3.33. The number of hydrogen-bond donors (Lipinski definition) is 2. The molecule has 27 heavy (non-hydrogen) atoms. The van der Waals surface area contributed by atoms with Crippen LogP contribution in [0.1, 0.15) is 17.2 Å². The normalized spacial score (nSPS) is 12.3. The predicted octanol–water partition coefficient (Wildman–Crippen LogP) is 2.58. The number of benzene rings is 2. The highest BCUT2D eigenvalue weighted by atomic mass is 35.5. The number of non-ortho nitro benzene ring substituents is 1. The van der Waals surface area contributed by atoms with E-state index in [1.54, 1.807) is 0 Å². The minimum absolute atomic E-state index is 0. The van der Waals surface area contributed by atoms with Crippen molar-refractivity contribution in [3.8, 4) is 0 Å². The van der Waals surface area contributed by atoms with E-state index < -0.39 is 44.1 Å². The van der Waals surface area contributed by atoms with Gasteiger partial charge < -0.3 is 5.73 Å². The number of nitrogens with two attached hydrogens (primary N) is 1. The molecule has 0 aliphatic carbocycles. The Morgan fingerprint density at radius 1 is 1.15 bits per heavy atom. The van der Waals surface area contributed by atoms with E-state index in [-0.39, 0.29) is 34.9 Å². The van der Waals surface area contributed by atoms with Gasteiger partial charge >= 0.3 is 0 Å². The topological polar surface area (TPSA) is 115 Å². The van der Waals surface area contributed by atoms with E-state index in [4.69, 9.17) is 5.73 Å². The molecule has 0 aliphatic rings. The Balaban J connectivity index is 0.00000364. The van der Waals surface area contributed by atoms with E-state index in [9.17, 15) is 31.7 Å². The second-order valence-electron chi connectivity index (χ2n) is 5.36. The number of halogens is 4. The molecule has 2 aromatic rings. The number of nitro benzene ring substituents is 1. The standard InChI is InChI=1S/C15H14F3N3O4S.ClH/c1-20-26(24,25)15-3-2-9(21(22)23)4-8(15)5-14(19)10-6-12(17)13(18)7-11(10)16;/h2-4,6-7,14,20H,5,19H2,1H3;1H/t14-;/m0./s1. The number of nitrogens with one attached hydrogen (secondary N) is 1. The van der Waals surface area contributed by atoms with Crippen LogP contribution in [0.2, 0.25) is 0 Å². The highest BCUT2D eigenvalue weighted by Gasteiger charge is 2.23. The minimum atomic E-state index is -3.98. The van der Waals surface area contributed by atoms with Crippen LogP contribution in [0.3, 0.4) is 0 Å². The van der Waals surface area contributed by atoms with Gasteiger partial charge in [-0.25, -0.2) is 26.3 Å². The SMILES string of the molecule is CNS(=O)(=O)c1ccc([N+](=O)[O-])cc1C[C@H](N)c1cc(F)c(F)cc1F.Cl. The molecule has 0 aliphatic heterocycles. The summed E-state index contributed by atoms with van der Waals surface area (Å²) in [5.74, 6) is -3.83. The predicted molar refractivity (Wildman–Crippen MR) is 93.5 cm³/mol. The monoisotopic (exact) mass is 425 g/mol. The van der Waals surface area contributed by atoms with Crippen LogP contribution < -0.4 is 10.5 Å². The molecular weight excluding hydrogens is 411 g/mol. The van der Waals surface area contributed by atoms with Crippen molar-refractivity contribution in [2.75, 3.05) is 7.05 Å². The zero-order chi connectivity index (χ0) is 19.6. The second-order valence-corrected chi connectivity index (χ2v) is 7.21. The molecule has 0 unspecified atom stereocenters. The molecule has 0 saturated carbocycles. The van der Waals surface area contributed by atoms with Crippen LogP contribution >= 0.6 is 12.4 Å². The summed E-state index contributed by atoms with van der Waals surface area (Å²) in [7, 11) is -2.83. The van der Waals surface area contributed by atoms with E-state index in [0.717, 1.165) is 25.2 Å². The summed E-state index contributed by atoms with van der Waals surface area (Å²) in [6, 6.07) is 2.63. The van der Waals surface area contributed by atoms with Gasteiger partial charge in [0.25, 0.3) is 5.69 Å². The molecule has 2 rings (SSSR count). The highest BCUT2D eigenvalue weighted by molar-refractivity contribution is 7.89. The zero-order valence-electron chi connectivity index (χ0n) is 13.8. The van der Waals surface area contributed by atoms with Crippen LogP contribution in [-0.2, 0) is 16.4 Å². The largest absolute Gasteiger partial charge is 0.324 e. The summed E-state index contributed by atoms with van der Waals surface area (Å²) < 4.78 is 66.5. The fraction of sp³-hybridized carbons (Fsp3) is 0.200. The molecular formula is C15H15ClF3N3O4S. The Labute approximate surface area is 159 Å². The van der Waals surface area contributed by atoms with Crippen molar-refractivity contribution in [2.45, 2.75) is 17.4 Å².